The molecule has 1 fully saturated rings. The van der Waals surface area contributed by atoms with Gasteiger partial charge in [-0.3, -0.25) is 0 Å². The first-order chi connectivity index (χ1) is 14.0. The lowest BCUT2D eigenvalue weighted by Gasteiger charge is -2.42. The number of hydrogen-bond acceptors (Lipinski definition) is 10. The Morgan fingerprint density at radius 2 is 1.83 bits per heavy atom. The SMILES string of the molecule is CC[C@](C)(O[C@@H]1O[C@H](COC(=O)c2ccc(O)c(OC)c2)[C@@H](O)[C@H](O)[C@H]1O)C(=O)O. The molecule has 0 aliphatic carbocycles. The molecule has 1 aromatic carbocycles. The zero-order chi connectivity index (χ0) is 22.6. The number of carboxylic acid groups (broad SMARTS) is 1. The fourth-order valence-corrected chi connectivity index (χ4v) is 2.74. The lowest BCUT2D eigenvalue weighted by molar-refractivity contribution is -0.322. The van der Waals surface area contributed by atoms with E-state index in [-0.39, 0.29) is 23.5 Å². The summed E-state index contributed by atoms with van der Waals surface area (Å²) < 4.78 is 20.8. The number of aliphatic hydroxyl groups is 3. The van der Waals surface area contributed by atoms with E-state index >= 15 is 0 Å². The van der Waals surface area contributed by atoms with Crippen molar-refractivity contribution in [3.05, 3.63) is 23.8 Å². The minimum atomic E-state index is -1.73. The molecule has 168 valence electrons. The minimum Gasteiger partial charge on any atom is -0.504 e. The van der Waals surface area contributed by atoms with Gasteiger partial charge in [-0.2, -0.15) is 0 Å². The summed E-state index contributed by atoms with van der Waals surface area (Å²) in [4.78, 5) is 23.7. The number of methoxy groups -OCH3 is 1. The number of carboxylic acids is 1. The van der Waals surface area contributed by atoms with Crippen LogP contribution in [0.1, 0.15) is 30.6 Å². The summed E-state index contributed by atoms with van der Waals surface area (Å²) in [6.45, 7) is 2.30. The predicted molar refractivity (Wildman–Crippen MR) is 99.0 cm³/mol. The number of rotatable bonds is 8. The molecule has 11 heteroatoms. The van der Waals surface area contributed by atoms with Crippen molar-refractivity contribution in [3.63, 3.8) is 0 Å². The number of ether oxygens (including phenoxy) is 4. The van der Waals surface area contributed by atoms with Crippen molar-refractivity contribution in [2.45, 2.75) is 56.6 Å². The van der Waals surface area contributed by atoms with Crippen LogP contribution in [0.3, 0.4) is 0 Å². The fraction of sp³-hybridized carbons (Fsp3) is 0.579. The molecule has 0 saturated carbocycles. The molecule has 1 aliphatic rings. The van der Waals surface area contributed by atoms with Crippen LogP contribution < -0.4 is 4.74 Å². The van der Waals surface area contributed by atoms with Crippen LogP contribution in [0.15, 0.2) is 18.2 Å². The van der Waals surface area contributed by atoms with E-state index in [0.717, 1.165) is 0 Å². The van der Waals surface area contributed by atoms with E-state index in [9.17, 15) is 35.1 Å². The molecule has 0 unspecified atom stereocenters. The first-order valence-electron chi connectivity index (χ1n) is 9.19. The van der Waals surface area contributed by atoms with Gasteiger partial charge in [0.1, 0.15) is 31.0 Å². The third-order valence-electron chi connectivity index (χ3n) is 4.97. The average Bonchev–Trinajstić information content (AvgIpc) is 2.73. The number of aliphatic hydroxyl groups excluding tert-OH is 3. The monoisotopic (exact) mass is 430 g/mol. The van der Waals surface area contributed by atoms with E-state index in [0.29, 0.717) is 0 Å². The Morgan fingerprint density at radius 1 is 1.17 bits per heavy atom. The molecule has 6 atom stereocenters. The first-order valence-corrected chi connectivity index (χ1v) is 9.19. The number of hydrogen-bond donors (Lipinski definition) is 5. The summed E-state index contributed by atoms with van der Waals surface area (Å²) in [6, 6.07) is 3.78. The highest BCUT2D eigenvalue weighted by molar-refractivity contribution is 5.90. The number of phenolic OH excluding ortho intramolecular Hbond substituents is 1. The van der Waals surface area contributed by atoms with Crippen molar-refractivity contribution in [2.75, 3.05) is 13.7 Å². The summed E-state index contributed by atoms with van der Waals surface area (Å²) in [5, 5.41) is 49.2. The summed E-state index contributed by atoms with van der Waals surface area (Å²) in [5.74, 6) is -2.25. The highest BCUT2D eigenvalue weighted by atomic mass is 16.7. The second-order valence-electron chi connectivity index (χ2n) is 7.01. The van der Waals surface area contributed by atoms with Crippen LogP contribution in [0.25, 0.3) is 0 Å². The van der Waals surface area contributed by atoms with Crippen LogP contribution in [0.2, 0.25) is 0 Å². The van der Waals surface area contributed by atoms with Gasteiger partial charge in [-0.15, -0.1) is 0 Å². The van der Waals surface area contributed by atoms with Crippen LogP contribution in [-0.4, -0.2) is 87.5 Å². The predicted octanol–water partition coefficient (Wildman–Crippen LogP) is -0.365. The van der Waals surface area contributed by atoms with Crippen molar-refractivity contribution in [3.8, 4) is 11.5 Å². The van der Waals surface area contributed by atoms with Crippen LogP contribution >= 0.6 is 0 Å². The van der Waals surface area contributed by atoms with E-state index in [1.54, 1.807) is 6.92 Å². The van der Waals surface area contributed by atoms with Gasteiger partial charge in [0.05, 0.1) is 12.7 Å². The Bertz CT molecular complexity index is 767. The second kappa shape index (κ2) is 9.58. The van der Waals surface area contributed by atoms with Crippen LogP contribution in [0.4, 0.5) is 0 Å². The summed E-state index contributed by atoms with van der Waals surface area (Å²) >= 11 is 0. The number of carbonyl (C=O) groups is 2. The van der Waals surface area contributed by atoms with Gasteiger partial charge < -0.3 is 44.5 Å². The molecule has 1 aliphatic heterocycles. The molecule has 0 amide bonds. The lowest BCUT2D eigenvalue weighted by Crippen LogP contribution is -2.61. The normalized spacial score (nSPS) is 28.4. The van der Waals surface area contributed by atoms with E-state index in [1.807, 2.05) is 0 Å². The number of aromatic hydroxyl groups is 1. The van der Waals surface area contributed by atoms with Gasteiger partial charge in [0.25, 0.3) is 0 Å². The molecule has 2 rings (SSSR count). The summed E-state index contributed by atoms with van der Waals surface area (Å²) in [6.07, 6.45) is -7.92. The van der Waals surface area contributed by atoms with Crippen molar-refractivity contribution >= 4 is 11.9 Å². The van der Waals surface area contributed by atoms with Crippen LogP contribution in [0.5, 0.6) is 11.5 Å². The standard InChI is InChI=1S/C19H26O11/c1-4-19(2,18(25)26)30-17-15(23)14(22)13(21)12(29-17)8-28-16(24)9-5-6-10(20)11(7-9)27-3/h5-7,12-15,17,20-23H,4,8H2,1-3H3,(H,25,26)/t12-,13-,14+,15-,17+,19+/m1/s1. The molecule has 30 heavy (non-hydrogen) atoms. The second-order valence-corrected chi connectivity index (χ2v) is 7.01. The Balaban J connectivity index is 2.09. The molecule has 0 aromatic heterocycles. The highest BCUT2D eigenvalue weighted by Gasteiger charge is 2.48. The molecule has 1 aromatic rings. The van der Waals surface area contributed by atoms with E-state index < -0.39 is 54.9 Å². The zero-order valence-electron chi connectivity index (χ0n) is 16.7. The maximum atomic E-state index is 12.2. The molecule has 5 N–H and O–H groups in total. The first kappa shape index (κ1) is 23.8. The third-order valence-corrected chi connectivity index (χ3v) is 4.97. The van der Waals surface area contributed by atoms with Crippen LogP contribution in [-0.2, 0) is 19.0 Å². The number of aliphatic carboxylic acids is 1. The van der Waals surface area contributed by atoms with E-state index in [4.69, 9.17) is 18.9 Å². The third kappa shape index (κ3) is 4.99. The Hall–Kier alpha value is -2.44. The zero-order valence-corrected chi connectivity index (χ0v) is 16.7. The molecule has 11 nitrogen and oxygen atoms in total. The van der Waals surface area contributed by atoms with E-state index in [2.05, 4.69) is 0 Å². The van der Waals surface area contributed by atoms with Crippen molar-refractivity contribution in [1.29, 1.82) is 0 Å². The lowest BCUT2D eigenvalue weighted by atomic mass is 9.98. The quantitative estimate of drug-likeness (QED) is 0.341. The van der Waals surface area contributed by atoms with Gasteiger partial charge in [0, 0.05) is 0 Å². The largest absolute Gasteiger partial charge is 0.504 e. The average molecular weight is 430 g/mol. The smallest absolute Gasteiger partial charge is 0.338 e. The van der Waals surface area contributed by atoms with Crippen LogP contribution in [0, 0.1) is 0 Å². The molecule has 1 saturated heterocycles. The van der Waals surface area contributed by atoms with Gasteiger partial charge >= 0.3 is 11.9 Å². The number of benzene rings is 1. The Labute approximate surface area is 172 Å². The van der Waals surface area contributed by atoms with Gasteiger partial charge in [0.15, 0.2) is 23.4 Å². The number of carbonyl (C=O) groups excluding carboxylic acids is 1. The Kier molecular flexibility index (Phi) is 7.61. The summed E-state index contributed by atoms with van der Waals surface area (Å²) in [5.41, 5.74) is -1.66. The topological polar surface area (TPSA) is 172 Å². The van der Waals surface area contributed by atoms with Gasteiger partial charge in [-0.25, -0.2) is 9.59 Å². The molecule has 0 bridgehead atoms. The minimum absolute atomic E-state index is 0.0376. The molecule has 0 spiro atoms. The van der Waals surface area contributed by atoms with Crippen molar-refractivity contribution < 1.29 is 54.1 Å². The number of phenols is 1. The Morgan fingerprint density at radius 3 is 2.40 bits per heavy atom. The highest BCUT2D eigenvalue weighted by Crippen LogP contribution is 2.29. The molecule has 1 heterocycles. The molecule has 0 radical (unpaired) electrons. The van der Waals surface area contributed by atoms with Crippen molar-refractivity contribution in [2.24, 2.45) is 0 Å². The van der Waals surface area contributed by atoms with Gasteiger partial charge in [0.2, 0.25) is 0 Å². The molecular formula is C19H26O11. The van der Waals surface area contributed by atoms with Gasteiger partial charge in [-0.1, -0.05) is 6.92 Å². The fourth-order valence-electron chi connectivity index (χ4n) is 2.74. The maximum absolute atomic E-state index is 12.2. The number of esters is 1. The maximum Gasteiger partial charge on any atom is 0.338 e. The van der Waals surface area contributed by atoms with Gasteiger partial charge in [-0.05, 0) is 31.5 Å². The van der Waals surface area contributed by atoms with Crippen molar-refractivity contribution in [1.82, 2.24) is 0 Å². The van der Waals surface area contributed by atoms with E-state index in [1.165, 1.54) is 32.2 Å². The summed E-state index contributed by atoms with van der Waals surface area (Å²) in [7, 11) is 1.31. The molecular weight excluding hydrogens is 404 g/mol.